The van der Waals surface area contributed by atoms with E-state index in [-0.39, 0.29) is 24.0 Å². The van der Waals surface area contributed by atoms with Gasteiger partial charge in [-0.15, -0.1) is 0 Å². The maximum absolute atomic E-state index is 12.7. The maximum atomic E-state index is 12.7. The summed E-state index contributed by atoms with van der Waals surface area (Å²) in [4.78, 5) is 40.5. The van der Waals surface area contributed by atoms with Crippen molar-refractivity contribution in [3.63, 3.8) is 0 Å². The number of nitrogens with one attached hydrogen (secondary N) is 1. The third-order valence-corrected chi connectivity index (χ3v) is 4.27. The van der Waals surface area contributed by atoms with Crippen LogP contribution in [-0.4, -0.2) is 40.4 Å². The molecule has 2 aromatic rings. The zero-order valence-corrected chi connectivity index (χ0v) is 15.5. The predicted octanol–water partition coefficient (Wildman–Crippen LogP) is 1.85. The molecule has 1 aromatic heterocycles. The molecule has 0 aliphatic carbocycles. The van der Waals surface area contributed by atoms with Crippen LogP contribution in [0.5, 0.6) is 5.75 Å². The Balaban J connectivity index is 1.74. The Morgan fingerprint density at radius 1 is 1.25 bits per heavy atom. The van der Waals surface area contributed by atoms with Gasteiger partial charge in [0, 0.05) is 12.6 Å². The Bertz CT molecular complexity index is 914. The number of aromatic nitrogens is 1. The van der Waals surface area contributed by atoms with Gasteiger partial charge in [-0.3, -0.25) is 14.5 Å². The van der Waals surface area contributed by atoms with Gasteiger partial charge >= 0.3 is 5.82 Å². The van der Waals surface area contributed by atoms with Crippen molar-refractivity contribution in [3.05, 3.63) is 58.1 Å². The van der Waals surface area contributed by atoms with Gasteiger partial charge in [0.25, 0.3) is 11.7 Å². The Morgan fingerprint density at radius 2 is 1.96 bits per heavy atom. The van der Waals surface area contributed by atoms with Crippen molar-refractivity contribution in [2.75, 3.05) is 18.0 Å². The van der Waals surface area contributed by atoms with Gasteiger partial charge in [0.1, 0.15) is 6.54 Å². The van der Waals surface area contributed by atoms with E-state index in [2.05, 4.69) is 10.3 Å². The minimum atomic E-state index is -1.21. The van der Waals surface area contributed by atoms with Crippen LogP contribution in [0.15, 0.2) is 42.5 Å². The van der Waals surface area contributed by atoms with Gasteiger partial charge in [-0.2, -0.15) is 0 Å². The molecule has 1 aliphatic rings. The molecular formula is C19H20N4O5. The Labute approximate surface area is 161 Å². The molecule has 0 radical (unpaired) electrons. The molecule has 0 fully saturated rings. The van der Waals surface area contributed by atoms with E-state index in [0.717, 1.165) is 10.5 Å². The molecule has 0 unspecified atom stereocenters. The van der Waals surface area contributed by atoms with Crippen LogP contribution >= 0.6 is 0 Å². The van der Waals surface area contributed by atoms with Crippen LogP contribution in [0.3, 0.4) is 0 Å². The van der Waals surface area contributed by atoms with Crippen molar-refractivity contribution in [2.24, 2.45) is 0 Å². The molecule has 0 saturated heterocycles. The number of amides is 2. The fourth-order valence-electron chi connectivity index (χ4n) is 2.88. The zero-order valence-electron chi connectivity index (χ0n) is 15.5. The second kappa shape index (κ2) is 7.63. The number of hydrogen-bond donors (Lipinski definition) is 1. The topological polar surface area (TPSA) is 115 Å². The molecule has 28 heavy (non-hydrogen) atoms. The number of anilines is 1. The number of fused-ring (bicyclic) bond motifs is 1. The number of hydrogen-bond acceptors (Lipinski definition) is 6. The first-order valence-electron chi connectivity index (χ1n) is 8.75. The second-order valence-corrected chi connectivity index (χ2v) is 6.84. The van der Waals surface area contributed by atoms with E-state index in [1.165, 1.54) is 12.1 Å². The molecule has 9 nitrogen and oxygen atoms in total. The van der Waals surface area contributed by atoms with Crippen molar-refractivity contribution >= 4 is 23.5 Å². The zero-order chi connectivity index (χ0) is 20.3. The van der Waals surface area contributed by atoms with Crippen LogP contribution in [0.25, 0.3) is 0 Å². The number of nitrogens with zero attached hydrogens (tertiary/aromatic N) is 3. The fraction of sp³-hybridized carbons (Fsp3) is 0.316. The molecule has 2 heterocycles. The Kier molecular flexibility index (Phi) is 5.25. The minimum Gasteiger partial charge on any atom is -0.472 e. The third-order valence-electron chi connectivity index (χ3n) is 4.27. The van der Waals surface area contributed by atoms with Crippen LogP contribution in [0.1, 0.15) is 19.4 Å². The van der Waals surface area contributed by atoms with Gasteiger partial charge < -0.3 is 20.2 Å². The van der Waals surface area contributed by atoms with Crippen LogP contribution in [-0.2, 0) is 16.0 Å². The summed E-state index contributed by atoms with van der Waals surface area (Å²) in [5, 5.41) is 13.8. The summed E-state index contributed by atoms with van der Waals surface area (Å²) in [5.74, 6) is -1.12. The van der Waals surface area contributed by atoms with Gasteiger partial charge in [0.05, 0.1) is 0 Å². The predicted molar refractivity (Wildman–Crippen MR) is 101 cm³/mol. The number of carbonyl (C=O) groups excluding carboxylic acids is 2. The monoisotopic (exact) mass is 384 g/mol. The number of nitro groups is 1. The lowest BCUT2D eigenvalue weighted by molar-refractivity contribution is -0.389. The molecule has 0 saturated carbocycles. The molecule has 2 amide bonds. The van der Waals surface area contributed by atoms with E-state index in [1.54, 1.807) is 13.8 Å². The average Bonchev–Trinajstić information content (AvgIpc) is 2.65. The largest absolute Gasteiger partial charge is 0.472 e. The molecule has 0 bridgehead atoms. The summed E-state index contributed by atoms with van der Waals surface area (Å²) < 4.78 is 5.61. The van der Waals surface area contributed by atoms with Gasteiger partial charge in [0.15, 0.2) is 11.4 Å². The lowest BCUT2D eigenvalue weighted by Gasteiger charge is -2.35. The van der Waals surface area contributed by atoms with Crippen LogP contribution < -0.4 is 15.0 Å². The highest BCUT2D eigenvalue weighted by molar-refractivity contribution is 6.05. The Hall–Kier alpha value is -3.49. The molecule has 0 atom stereocenters. The van der Waals surface area contributed by atoms with Gasteiger partial charge in [-0.1, -0.05) is 30.3 Å². The van der Waals surface area contributed by atoms with Gasteiger partial charge in [-0.05, 0) is 41.8 Å². The lowest BCUT2D eigenvalue weighted by Crippen LogP contribution is -2.55. The molecule has 1 aliphatic heterocycles. The first kappa shape index (κ1) is 19.3. The summed E-state index contributed by atoms with van der Waals surface area (Å²) in [6.45, 7) is 3.24. The maximum Gasteiger partial charge on any atom is 0.366 e. The van der Waals surface area contributed by atoms with Crippen molar-refractivity contribution in [1.82, 2.24) is 10.3 Å². The molecular weight excluding hydrogens is 364 g/mol. The van der Waals surface area contributed by atoms with Crippen molar-refractivity contribution < 1.29 is 19.2 Å². The van der Waals surface area contributed by atoms with E-state index in [0.29, 0.717) is 13.0 Å². The normalized spacial score (nSPS) is 14.8. The molecule has 0 spiro atoms. The van der Waals surface area contributed by atoms with E-state index in [4.69, 9.17) is 4.74 Å². The highest BCUT2D eigenvalue weighted by atomic mass is 16.6. The average molecular weight is 384 g/mol. The minimum absolute atomic E-state index is 0.0308. The van der Waals surface area contributed by atoms with Crippen LogP contribution in [0, 0.1) is 10.1 Å². The van der Waals surface area contributed by atoms with Crippen molar-refractivity contribution in [1.29, 1.82) is 0 Å². The molecule has 1 N–H and O–H groups in total. The summed E-state index contributed by atoms with van der Waals surface area (Å²) >= 11 is 0. The van der Waals surface area contributed by atoms with Gasteiger partial charge in [0.2, 0.25) is 5.91 Å². The molecule has 9 heteroatoms. The smallest absolute Gasteiger partial charge is 0.366 e. The molecule has 3 rings (SSSR count). The number of pyridine rings is 1. The summed E-state index contributed by atoms with van der Waals surface area (Å²) in [7, 11) is 0. The molecule has 146 valence electrons. The second-order valence-electron chi connectivity index (χ2n) is 6.84. The number of ether oxygens (including phenoxy) is 1. The van der Waals surface area contributed by atoms with Crippen molar-refractivity contribution in [2.45, 2.75) is 25.9 Å². The standard InChI is InChI=1S/C19H20N4O5/c1-19(2)18(25)22(17-14(28-19)8-9-15(21-17)23(26)27)12-16(24)20-11-10-13-6-4-3-5-7-13/h3-9H,10-12H2,1-2H3,(H,20,24). The van der Waals surface area contributed by atoms with E-state index < -0.39 is 22.2 Å². The van der Waals surface area contributed by atoms with Crippen molar-refractivity contribution in [3.8, 4) is 5.75 Å². The molecule has 1 aromatic carbocycles. The van der Waals surface area contributed by atoms with Crippen LogP contribution in [0.4, 0.5) is 11.6 Å². The van der Waals surface area contributed by atoms with E-state index in [1.807, 2.05) is 30.3 Å². The first-order valence-corrected chi connectivity index (χ1v) is 8.75. The first-order chi connectivity index (χ1) is 13.3. The van der Waals surface area contributed by atoms with E-state index in [9.17, 15) is 19.7 Å². The number of rotatable bonds is 6. The quantitative estimate of drug-likeness (QED) is 0.600. The van der Waals surface area contributed by atoms with E-state index >= 15 is 0 Å². The van der Waals surface area contributed by atoms with Crippen LogP contribution in [0.2, 0.25) is 0 Å². The Morgan fingerprint density at radius 3 is 2.64 bits per heavy atom. The highest BCUT2D eigenvalue weighted by Crippen LogP contribution is 2.37. The number of carbonyl (C=O) groups is 2. The highest BCUT2D eigenvalue weighted by Gasteiger charge is 2.45. The fourth-order valence-corrected chi connectivity index (χ4v) is 2.88. The summed E-state index contributed by atoms with van der Waals surface area (Å²) in [5.41, 5.74) is -0.135. The lowest BCUT2D eigenvalue weighted by atomic mass is 10.1. The number of benzene rings is 1. The summed E-state index contributed by atoms with van der Waals surface area (Å²) in [6, 6.07) is 12.2. The summed E-state index contributed by atoms with van der Waals surface area (Å²) in [6.07, 6.45) is 0.648. The SMILES string of the molecule is CC1(C)Oc2ccc([N+](=O)[O-])nc2N(CC(=O)NCCc2ccccc2)C1=O. The third kappa shape index (κ3) is 4.08. The van der Waals surface area contributed by atoms with Gasteiger partial charge in [-0.25, -0.2) is 0 Å².